The van der Waals surface area contributed by atoms with Gasteiger partial charge in [0.25, 0.3) is 6.43 Å². The Bertz CT molecular complexity index is 1280. The minimum Gasteiger partial charge on any atom is -0.494 e. The van der Waals surface area contributed by atoms with Crippen LogP contribution in [-0.2, 0) is 4.74 Å². The third-order valence-electron chi connectivity index (χ3n) is 6.78. The first-order valence-electron chi connectivity index (χ1n) is 12.0. The van der Waals surface area contributed by atoms with Gasteiger partial charge in [-0.3, -0.25) is 4.57 Å². The number of ether oxygens (including phenoxy) is 2. The van der Waals surface area contributed by atoms with Gasteiger partial charge in [-0.05, 0) is 25.0 Å². The smallest absolute Gasteiger partial charge is 0.407 e. The van der Waals surface area contributed by atoms with Crippen LogP contribution in [0.5, 0.6) is 5.75 Å². The molecule has 0 bridgehead atoms. The summed E-state index contributed by atoms with van der Waals surface area (Å²) in [4.78, 5) is 34.6. The second kappa shape index (κ2) is 10.3. The zero-order valence-electron chi connectivity index (χ0n) is 20.5. The molecular weight excluding hydrogens is 490 g/mol. The average molecular weight is 519 g/mol. The molecule has 2 saturated heterocycles. The van der Waals surface area contributed by atoms with Crippen LogP contribution in [0.1, 0.15) is 25.1 Å². The lowest BCUT2D eigenvalue weighted by Gasteiger charge is -2.36. The number of benzene rings is 1. The molecule has 1 aromatic carbocycles. The second-order valence-electron chi connectivity index (χ2n) is 8.88. The van der Waals surface area contributed by atoms with Gasteiger partial charge in [-0.15, -0.1) is 0 Å². The van der Waals surface area contributed by atoms with Gasteiger partial charge in [0.2, 0.25) is 17.8 Å². The Morgan fingerprint density at radius 1 is 1.11 bits per heavy atom. The topological polar surface area (TPSA) is 122 Å². The fourth-order valence-electron chi connectivity index (χ4n) is 4.73. The quantitative estimate of drug-likeness (QED) is 0.521. The molecule has 14 heteroatoms. The molecule has 2 aliphatic heterocycles. The number of anilines is 2. The number of likely N-dealkylation sites (tertiary alicyclic amines) is 1. The standard InChI is InChI=1S/C23H28F2N8O4/c1-30(14-6-8-32(9-7-14)23(34)35)20-27-21(31-10-12-37-13-11-31)29-22(28-20)33-15-4-3-5-16(36-2)17(15)26-19(33)18(24)25/h3-5,14,18H,6-13H2,1-2H3,(H,34,35). The van der Waals surface area contributed by atoms with E-state index in [-0.39, 0.29) is 17.5 Å². The van der Waals surface area contributed by atoms with E-state index in [2.05, 4.69) is 19.9 Å². The molecule has 2 aliphatic rings. The minimum absolute atomic E-state index is 0.0207. The number of alkyl halides is 2. The number of methoxy groups -OCH3 is 1. The van der Waals surface area contributed by atoms with Crippen molar-refractivity contribution in [3.05, 3.63) is 24.0 Å². The average Bonchev–Trinajstić information content (AvgIpc) is 3.33. The molecule has 1 N–H and O–H groups in total. The highest BCUT2D eigenvalue weighted by atomic mass is 19.3. The molecule has 2 fully saturated rings. The van der Waals surface area contributed by atoms with Crippen LogP contribution < -0.4 is 14.5 Å². The number of morpholine rings is 1. The lowest BCUT2D eigenvalue weighted by molar-refractivity contribution is 0.122. The van der Waals surface area contributed by atoms with Gasteiger partial charge < -0.3 is 29.3 Å². The Morgan fingerprint density at radius 3 is 2.46 bits per heavy atom. The van der Waals surface area contributed by atoms with Gasteiger partial charge >= 0.3 is 6.09 Å². The van der Waals surface area contributed by atoms with Crippen molar-refractivity contribution >= 4 is 29.0 Å². The van der Waals surface area contributed by atoms with E-state index < -0.39 is 18.3 Å². The van der Waals surface area contributed by atoms with Crippen molar-refractivity contribution < 1.29 is 28.2 Å². The van der Waals surface area contributed by atoms with Crippen LogP contribution in [0, 0.1) is 0 Å². The van der Waals surface area contributed by atoms with Crippen molar-refractivity contribution in [3.8, 4) is 11.7 Å². The molecule has 12 nitrogen and oxygen atoms in total. The summed E-state index contributed by atoms with van der Waals surface area (Å²) >= 11 is 0. The number of amides is 1. The number of rotatable bonds is 6. The summed E-state index contributed by atoms with van der Waals surface area (Å²) in [6.07, 6.45) is -2.66. The van der Waals surface area contributed by atoms with Crippen LogP contribution in [-0.4, -0.2) is 100 Å². The van der Waals surface area contributed by atoms with E-state index in [1.54, 1.807) is 18.2 Å². The number of carboxylic acid groups (broad SMARTS) is 1. The molecule has 1 amide bonds. The summed E-state index contributed by atoms with van der Waals surface area (Å²) in [5.74, 6) is 0.547. The summed E-state index contributed by atoms with van der Waals surface area (Å²) in [6, 6.07) is 4.99. The molecule has 4 heterocycles. The maximum Gasteiger partial charge on any atom is 0.407 e. The number of imidazole rings is 1. The van der Waals surface area contributed by atoms with Crippen LogP contribution in [0.3, 0.4) is 0 Å². The van der Waals surface area contributed by atoms with Gasteiger partial charge in [0.1, 0.15) is 11.3 Å². The highest BCUT2D eigenvalue weighted by Crippen LogP contribution is 2.32. The molecular formula is C23H28F2N8O4. The number of halogens is 2. The fourth-order valence-corrected chi connectivity index (χ4v) is 4.73. The zero-order chi connectivity index (χ0) is 26.1. The van der Waals surface area contributed by atoms with Gasteiger partial charge in [0.15, 0.2) is 5.82 Å². The van der Waals surface area contributed by atoms with Gasteiger partial charge in [0, 0.05) is 39.3 Å². The van der Waals surface area contributed by atoms with Gasteiger partial charge in [-0.1, -0.05) is 6.07 Å². The third kappa shape index (κ3) is 4.80. The Kier molecular flexibility index (Phi) is 6.91. The maximum atomic E-state index is 14.2. The SMILES string of the molecule is COc1cccc2c1nc(C(F)F)n2-c1nc(N2CCOCC2)nc(N(C)C2CCN(C(=O)O)CC2)n1. The van der Waals surface area contributed by atoms with E-state index in [9.17, 15) is 18.7 Å². The molecule has 0 spiro atoms. The molecule has 2 aromatic heterocycles. The van der Waals surface area contributed by atoms with Crippen molar-refractivity contribution in [2.75, 3.05) is 63.4 Å². The number of piperidine rings is 1. The van der Waals surface area contributed by atoms with Crippen LogP contribution in [0.15, 0.2) is 18.2 Å². The van der Waals surface area contributed by atoms with Crippen LogP contribution in [0.2, 0.25) is 0 Å². The second-order valence-corrected chi connectivity index (χ2v) is 8.88. The molecule has 3 aromatic rings. The summed E-state index contributed by atoms with van der Waals surface area (Å²) in [6.45, 7) is 2.86. The number of carbonyl (C=O) groups is 1. The summed E-state index contributed by atoms with van der Waals surface area (Å²) in [5, 5.41) is 9.28. The molecule has 0 unspecified atom stereocenters. The number of para-hydroxylation sites is 1. The Balaban J connectivity index is 1.60. The van der Waals surface area contributed by atoms with Crippen molar-refractivity contribution in [1.82, 2.24) is 29.4 Å². The van der Waals surface area contributed by atoms with Crippen molar-refractivity contribution in [2.24, 2.45) is 0 Å². The Hall–Kier alpha value is -3.81. The van der Waals surface area contributed by atoms with Gasteiger partial charge in [-0.2, -0.15) is 15.0 Å². The monoisotopic (exact) mass is 518 g/mol. The van der Waals surface area contributed by atoms with Crippen molar-refractivity contribution in [2.45, 2.75) is 25.3 Å². The van der Waals surface area contributed by atoms with E-state index in [4.69, 9.17) is 9.47 Å². The van der Waals surface area contributed by atoms with Crippen LogP contribution >= 0.6 is 0 Å². The number of fused-ring (bicyclic) bond motifs is 1. The van der Waals surface area contributed by atoms with Crippen LogP contribution in [0.4, 0.5) is 25.5 Å². The molecule has 0 saturated carbocycles. The van der Waals surface area contributed by atoms with Gasteiger partial charge in [-0.25, -0.2) is 18.6 Å². The predicted molar refractivity (Wildman–Crippen MR) is 130 cm³/mol. The first-order valence-corrected chi connectivity index (χ1v) is 12.0. The van der Waals surface area contributed by atoms with E-state index in [1.165, 1.54) is 16.6 Å². The first kappa shape index (κ1) is 24.9. The lowest BCUT2D eigenvalue weighted by Crippen LogP contribution is -2.46. The van der Waals surface area contributed by atoms with E-state index in [1.807, 2.05) is 16.8 Å². The molecule has 0 atom stereocenters. The first-order chi connectivity index (χ1) is 17.9. The third-order valence-corrected chi connectivity index (χ3v) is 6.78. The Labute approximate surface area is 211 Å². The maximum absolute atomic E-state index is 14.2. The lowest BCUT2D eigenvalue weighted by atomic mass is 10.0. The molecule has 37 heavy (non-hydrogen) atoms. The normalized spacial score (nSPS) is 17.0. The summed E-state index contributed by atoms with van der Waals surface area (Å²) < 4.78 is 40.5. The summed E-state index contributed by atoms with van der Waals surface area (Å²) in [7, 11) is 3.28. The highest BCUT2D eigenvalue weighted by Gasteiger charge is 2.29. The van der Waals surface area contributed by atoms with Crippen molar-refractivity contribution in [3.63, 3.8) is 0 Å². The van der Waals surface area contributed by atoms with Crippen molar-refractivity contribution in [1.29, 1.82) is 0 Å². The predicted octanol–water partition coefficient (Wildman–Crippen LogP) is 2.57. The van der Waals surface area contributed by atoms with E-state index in [0.29, 0.717) is 75.4 Å². The van der Waals surface area contributed by atoms with E-state index in [0.717, 1.165) is 0 Å². The summed E-state index contributed by atoms with van der Waals surface area (Å²) in [5.41, 5.74) is 0.668. The largest absolute Gasteiger partial charge is 0.494 e. The van der Waals surface area contributed by atoms with Crippen LogP contribution in [0.25, 0.3) is 17.0 Å². The van der Waals surface area contributed by atoms with Gasteiger partial charge in [0.05, 0.1) is 25.8 Å². The highest BCUT2D eigenvalue weighted by molar-refractivity contribution is 5.84. The molecule has 5 rings (SSSR count). The number of hydrogen-bond acceptors (Lipinski definition) is 9. The number of aromatic nitrogens is 5. The molecule has 0 aliphatic carbocycles. The Morgan fingerprint density at radius 2 is 1.81 bits per heavy atom. The van der Waals surface area contributed by atoms with E-state index >= 15 is 0 Å². The number of hydrogen-bond donors (Lipinski definition) is 1. The minimum atomic E-state index is -2.89. The fraction of sp³-hybridized carbons (Fsp3) is 0.522. The zero-order valence-corrected chi connectivity index (χ0v) is 20.5. The molecule has 0 radical (unpaired) electrons. The molecule has 198 valence electrons. The number of nitrogens with zero attached hydrogens (tertiary/aromatic N) is 8.